The van der Waals surface area contributed by atoms with Gasteiger partial charge in [0.25, 0.3) is 6.01 Å². The number of carboxylic acids is 1. The molecule has 0 bridgehead atoms. The normalized spacial score (nSPS) is 21.7. The van der Waals surface area contributed by atoms with Crippen molar-refractivity contribution in [1.82, 2.24) is 9.88 Å². The molecule has 1 aromatic carbocycles. The minimum atomic E-state index is -1.03. The molecule has 0 radical (unpaired) electrons. The minimum absolute atomic E-state index is 0.0315. The number of carbonyl (C=O) groups excluding carboxylic acids is 1. The van der Waals surface area contributed by atoms with Crippen LogP contribution in [0.1, 0.15) is 31.1 Å². The van der Waals surface area contributed by atoms with Gasteiger partial charge in [0, 0.05) is 32.1 Å². The molecule has 1 fully saturated rings. The second kappa shape index (κ2) is 5.57. The van der Waals surface area contributed by atoms with Crippen LogP contribution in [-0.2, 0) is 4.79 Å². The van der Waals surface area contributed by atoms with E-state index in [0.29, 0.717) is 30.2 Å². The number of oxazole rings is 1. The number of hydrogen-bond acceptors (Lipinski definition) is 5. The van der Waals surface area contributed by atoms with Crippen LogP contribution < -0.4 is 4.90 Å². The van der Waals surface area contributed by atoms with Gasteiger partial charge in [-0.2, -0.15) is 4.98 Å². The maximum Gasteiger partial charge on any atom is 0.338 e. The number of benzene rings is 1. The Hall–Kier alpha value is -2.57. The van der Waals surface area contributed by atoms with E-state index in [1.165, 1.54) is 6.07 Å². The molecule has 1 N–H and O–H groups in total. The molecule has 1 amide bonds. The van der Waals surface area contributed by atoms with Crippen molar-refractivity contribution in [2.45, 2.75) is 32.9 Å². The van der Waals surface area contributed by atoms with Crippen molar-refractivity contribution in [3.63, 3.8) is 0 Å². The van der Waals surface area contributed by atoms with Gasteiger partial charge in [0.15, 0.2) is 5.58 Å². The van der Waals surface area contributed by atoms with Crippen molar-refractivity contribution in [3.8, 4) is 0 Å². The molecule has 122 valence electrons. The Morgan fingerprint density at radius 1 is 1.26 bits per heavy atom. The summed E-state index contributed by atoms with van der Waals surface area (Å²) in [7, 11) is 0. The van der Waals surface area contributed by atoms with E-state index in [4.69, 9.17) is 4.42 Å². The van der Waals surface area contributed by atoms with Crippen molar-refractivity contribution in [2.75, 3.05) is 18.0 Å². The van der Waals surface area contributed by atoms with Crippen molar-refractivity contribution in [1.29, 1.82) is 0 Å². The Labute approximate surface area is 133 Å². The van der Waals surface area contributed by atoms with E-state index in [1.807, 2.05) is 18.7 Å². The van der Waals surface area contributed by atoms with Crippen LogP contribution in [0, 0.1) is 0 Å². The SMILES string of the molecule is CC(=O)N1C[C@H](C)N(c2nc3c(C(=O)O)cccc3o2)[C@@H](C)C1. The molecule has 7 heteroatoms. The molecule has 3 rings (SSSR count). The maximum absolute atomic E-state index is 11.6. The number of fused-ring (bicyclic) bond motifs is 1. The van der Waals surface area contributed by atoms with E-state index < -0.39 is 5.97 Å². The highest BCUT2D eigenvalue weighted by atomic mass is 16.4. The lowest BCUT2D eigenvalue weighted by Crippen LogP contribution is -2.58. The molecule has 1 saturated heterocycles. The Kier molecular flexibility index (Phi) is 3.71. The molecule has 0 saturated carbocycles. The van der Waals surface area contributed by atoms with Crippen LogP contribution in [0.25, 0.3) is 11.1 Å². The number of anilines is 1. The Morgan fingerprint density at radius 3 is 2.48 bits per heavy atom. The van der Waals surface area contributed by atoms with Gasteiger partial charge in [-0.1, -0.05) is 6.07 Å². The third-order valence-corrected chi connectivity index (χ3v) is 4.22. The Bertz CT molecular complexity index is 758. The lowest BCUT2D eigenvalue weighted by molar-refractivity contribution is -0.130. The monoisotopic (exact) mass is 317 g/mol. The molecular weight excluding hydrogens is 298 g/mol. The van der Waals surface area contributed by atoms with Crippen LogP contribution in [-0.4, -0.2) is 52.0 Å². The smallest absolute Gasteiger partial charge is 0.338 e. The van der Waals surface area contributed by atoms with Gasteiger partial charge in [0.05, 0.1) is 5.56 Å². The molecule has 2 atom stereocenters. The number of piperazine rings is 1. The Balaban J connectivity index is 1.98. The first-order chi connectivity index (χ1) is 10.9. The summed E-state index contributed by atoms with van der Waals surface area (Å²) in [5.74, 6) is -0.980. The van der Waals surface area contributed by atoms with Crippen molar-refractivity contribution >= 4 is 29.0 Å². The molecule has 0 unspecified atom stereocenters. The summed E-state index contributed by atoms with van der Waals surface area (Å²) in [6.45, 7) is 6.74. The largest absolute Gasteiger partial charge is 0.478 e. The number of carbonyl (C=O) groups is 2. The zero-order valence-corrected chi connectivity index (χ0v) is 13.3. The number of aromatic nitrogens is 1. The summed E-state index contributed by atoms with van der Waals surface area (Å²) in [6.07, 6.45) is 0. The fraction of sp³-hybridized carbons (Fsp3) is 0.438. The van der Waals surface area contributed by atoms with E-state index in [9.17, 15) is 14.7 Å². The first-order valence-corrected chi connectivity index (χ1v) is 7.55. The van der Waals surface area contributed by atoms with Crippen LogP contribution in [0.15, 0.2) is 22.6 Å². The summed E-state index contributed by atoms with van der Waals surface area (Å²) < 4.78 is 5.78. The first-order valence-electron chi connectivity index (χ1n) is 7.55. The van der Waals surface area contributed by atoms with Crippen molar-refractivity contribution in [3.05, 3.63) is 23.8 Å². The van der Waals surface area contributed by atoms with E-state index in [1.54, 1.807) is 24.0 Å². The summed E-state index contributed by atoms with van der Waals surface area (Å²) in [5, 5.41) is 9.26. The molecule has 2 aromatic rings. The third-order valence-electron chi connectivity index (χ3n) is 4.22. The fourth-order valence-corrected chi connectivity index (χ4v) is 3.18. The van der Waals surface area contributed by atoms with Gasteiger partial charge in [-0.15, -0.1) is 0 Å². The number of amides is 1. The maximum atomic E-state index is 11.6. The predicted molar refractivity (Wildman–Crippen MR) is 84.6 cm³/mol. The zero-order chi connectivity index (χ0) is 16.7. The van der Waals surface area contributed by atoms with Gasteiger partial charge in [0.2, 0.25) is 5.91 Å². The number of rotatable bonds is 2. The van der Waals surface area contributed by atoms with Gasteiger partial charge in [-0.3, -0.25) is 4.79 Å². The van der Waals surface area contributed by atoms with Crippen LogP contribution >= 0.6 is 0 Å². The second-order valence-electron chi connectivity index (χ2n) is 5.98. The summed E-state index contributed by atoms with van der Waals surface area (Å²) in [6, 6.07) is 5.32. The average molecular weight is 317 g/mol. The molecule has 1 aromatic heterocycles. The quantitative estimate of drug-likeness (QED) is 0.911. The predicted octanol–water partition coefficient (Wildman–Crippen LogP) is 1.97. The number of aromatic carboxylic acids is 1. The van der Waals surface area contributed by atoms with E-state index in [0.717, 1.165) is 0 Å². The zero-order valence-electron chi connectivity index (χ0n) is 13.3. The van der Waals surface area contributed by atoms with Gasteiger partial charge in [-0.05, 0) is 26.0 Å². The first kappa shape index (κ1) is 15.3. The van der Waals surface area contributed by atoms with Gasteiger partial charge < -0.3 is 19.3 Å². The van der Waals surface area contributed by atoms with Crippen molar-refractivity contribution in [2.24, 2.45) is 0 Å². The molecule has 0 spiro atoms. The third kappa shape index (κ3) is 2.62. The highest BCUT2D eigenvalue weighted by Crippen LogP contribution is 2.29. The average Bonchev–Trinajstić information content (AvgIpc) is 2.89. The molecule has 1 aliphatic heterocycles. The fourth-order valence-electron chi connectivity index (χ4n) is 3.18. The summed E-state index contributed by atoms with van der Waals surface area (Å²) in [4.78, 5) is 31.1. The topological polar surface area (TPSA) is 86.9 Å². The van der Waals surface area contributed by atoms with Crippen LogP contribution in [0.2, 0.25) is 0 Å². The van der Waals surface area contributed by atoms with E-state index in [-0.39, 0.29) is 23.6 Å². The number of carboxylic acid groups (broad SMARTS) is 1. The minimum Gasteiger partial charge on any atom is -0.478 e. The number of hydrogen-bond donors (Lipinski definition) is 1. The lowest BCUT2D eigenvalue weighted by atomic mass is 10.1. The van der Waals surface area contributed by atoms with Crippen LogP contribution in [0.3, 0.4) is 0 Å². The highest BCUT2D eigenvalue weighted by molar-refractivity contribution is 6.00. The van der Waals surface area contributed by atoms with Gasteiger partial charge in [0.1, 0.15) is 5.52 Å². The summed E-state index contributed by atoms with van der Waals surface area (Å²) >= 11 is 0. The van der Waals surface area contributed by atoms with Crippen LogP contribution in [0.4, 0.5) is 6.01 Å². The van der Waals surface area contributed by atoms with Gasteiger partial charge >= 0.3 is 5.97 Å². The molecule has 0 aliphatic carbocycles. The standard InChI is InChI=1S/C16H19N3O4/c1-9-7-18(11(3)20)8-10(2)19(9)16-17-14-12(15(21)22)5-4-6-13(14)23-16/h4-6,9-10H,7-8H2,1-3H3,(H,21,22)/t9-,10-/m0/s1. The molecule has 7 nitrogen and oxygen atoms in total. The number of para-hydroxylation sites is 1. The van der Waals surface area contributed by atoms with Crippen LogP contribution in [0.5, 0.6) is 0 Å². The number of nitrogens with zero attached hydrogens (tertiary/aromatic N) is 3. The van der Waals surface area contributed by atoms with Gasteiger partial charge in [-0.25, -0.2) is 4.79 Å². The van der Waals surface area contributed by atoms with E-state index >= 15 is 0 Å². The lowest BCUT2D eigenvalue weighted by Gasteiger charge is -2.43. The van der Waals surface area contributed by atoms with E-state index in [2.05, 4.69) is 4.98 Å². The molecular formula is C16H19N3O4. The highest BCUT2D eigenvalue weighted by Gasteiger charge is 2.33. The summed E-state index contributed by atoms with van der Waals surface area (Å²) in [5.41, 5.74) is 0.928. The van der Waals surface area contributed by atoms with Crippen molar-refractivity contribution < 1.29 is 19.1 Å². The second-order valence-corrected chi connectivity index (χ2v) is 5.98. The Morgan fingerprint density at radius 2 is 1.91 bits per heavy atom. The molecule has 2 heterocycles. The molecule has 1 aliphatic rings. The molecule has 23 heavy (non-hydrogen) atoms.